The Kier molecular flexibility index (Phi) is 4.90. The molecule has 0 bridgehead atoms. The van der Waals surface area contributed by atoms with Gasteiger partial charge in [-0.1, -0.05) is 6.07 Å². The molecule has 0 aliphatic rings. The smallest absolute Gasteiger partial charge is 0.261 e. The second-order valence-electron chi connectivity index (χ2n) is 3.28. The van der Waals surface area contributed by atoms with Gasteiger partial charge in [-0.15, -0.1) is 12.4 Å². The van der Waals surface area contributed by atoms with Crippen LogP contribution in [0.4, 0.5) is 5.69 Å². The molecule has 3 nitrogen and oxygen atoms in total. The lowest BCUT2D eigenvalue weighted by Crippen LogP contribution is -2.10. The number of rotatable bonds is 2. The standard InChI is InChI=1S/C9H12ClNO2S.ClH/c1-7-4-5-8(14(10,12)13)6-9(7)11(2)3;/h4-6H,1-3H3;1H. The molecule has 0 saturated carbocycles. The van der Waals surface area contributed by atoms with Gasteiger partial charge in [-0.25, -0.2) is 8.42 Å². The first kappa shape index (κ1) is 14.6. The minimum Gasteiger partial charge on any atom is -0.377 e. The molecule has 15 heavy (non-hydrogen) atoms. The van der Waals surface area contributed by atoms with Crippen LogP contribution >= 0.6 is 23.1 Å². The van der Waals surface area contributed by atoms with Crippen LogP contribution in [0, 0.1) is 6.92 Å². The van der Waals surface area contributed by atoms with E-state index in [0.29, 0.717) is 0 Å². The molecular weight excluding hydrogens is 257 g/mol. The molecule has 0 saturated heterocycles. The zero-order valence-corrected chi connectivity index (χ0v) is 11.1. The van der Waals surface area contributed by atoms with Crippen LogP contribution in [-0.4, -0.2) is 22.5 Å². The minimum absolute atomic E-state index is 0. The van der Waals surface area contributed by atoms with Gasteiger partial charge >= 0.3 is 0 Å². The predicted octanol–water partition coefficient (Wildman–Crippen LogP) is 2.41. The molecule has 0 radical (unpaired) electrons. The van der Waals surface area contributed by atoms with Crippen LogP contribution < -0.4 is 4.90 Å². The Morgan fingerprint density at radius 1 is 1.27 bits per heavy atom. The van der Waals surface area contributed by atoms with Gasteiger partial charge in [0.15, 0.2) is 0 Å². The number of hydrogen-bond acceptors (Lipinski definition) is 3. The maximum absolute atomic E-state index is 11.1. The van der Waals surface area contributed by atoms with E-state index in [0.717, 1.165) is 11.3 Å². The Morgan fingerprint density at radius 2 is 1.80 bits per heavy atom. The molecule has 1 aromatic carbocycles. The summed E-state index contributed by atoms with van der Waals surface area (Å²) in [5.41, 5.74) is 1.87. The number of aryl methyl sites for hydroxylation is 1. The SMILES string of the molecule is Cc1ccc(S(=O)(=O)Cl)cc1N(C)C.Cl. The summed E-state index contributed by atoms with van der Waals surface area (Å²) in [5.74, 6) is 0. The highest BCUT2D eigenvalue weighted by molar-refractivity contribution is 8.13. The number of benzene rings is 1. The number of anilines is 1. The number of halogens is 2. The van der Waals surface area contributed by atoms with Gasteiger partial charge in [0.25, 0.3) is 9.05 Å². The van der Waals surface area contributed by atoms with Crippen molar-refractivity contribution in [2.24, 2.45) is 0 Å². The molecule has 1 aromatic rings. The lowest BCUT2D eigenvalue weighted by Gasteiger charge is -2.15. The van der Waals surface area contributed by atoms with Gasteiger partial charge in [-0.05, 0) is 24.6 Å². The van der Waals surface area contributed by atoms with Crippen LogP contribution in [0.3, 0.4) is 0 Å². The van der Waals surface area contributed by atoms with Crippen molar-refractivity contribution in [3.8, 4) is 0 Å². The predicted molar refractivity (Wildman–Crippen MR) is 65.8 cm³/mol. The van der Waals surface area contributed by atoms with Crippen molar-refractivity contribution in [2.75, 3.05) is 19.0 Å². The molecule has 0 fully saturated rings. The summed E-state index contributed by atoms with van der Waals surface area (Å²) < 4.78 is 22.1. The van der Waals surface area contributed by atoms with Crippen LogP contribution in [0.1, 0.15) is 5.56 Å². The molecule has 1 rings (SSSR count). The van der Waals surface area contributed by atoms with E-state index in [1.807, 2.05) is 25.9 Å². The summed E-state index contributed by atoms with van der Waals surface area (Å²) in [6.07, 6.45) is 0. The largest absolute Gasteiger partial charge is 0.377 e. The third-order valence-corrected chi connectivity index (χ3v) is 3.30. The average Bonchev–Trinajstić information content (AvgIpc) is 2.02. The third-order valence-electron chi connectivity index (χ3n) is 1.94. The summed E-state index contributed by atoms with van der Waals surface area (Å²) in [4.78, 5) is 1.98. The van der Waals surface area contributed by atoms with Crippen molar-refractivity contribution in [3.05, 3.63) is 23.8 Å². The molecule has 6 heteroatoms. The molecule has 0 aromatic heterocycles. The zero-order valence-electron chi connectivity index (χ0n) is 8.69. The van der Waals surface area contributed by atoms with Gasteiger partial charge in [0.05, 0.1) is 4.90 Å². The van der Waals surface area contributed by atoms with Gasteiger partial charge in [-0.2, -0.15) is 0 Å². The van der Waals surface area contributed by atoms with E-state index in [4.69, 9.17) is 10.7 Å². The fraction of sp³-hybridized carbons (Fsp3) is 0.333. The van der Waals surface area contributed by atoms with Crippen LogP contribution in [-0.2, 0) is 9.05 Å². The van der Waals surface area contributed by atoms with Gasteiger partial charge in [0, 0.05) is 30.5 Å². The molecule has 0 amide bonds. The fourth-order valence-electron chi connectivity index (χ4n) is 1.22. The molecule has 0 aliphatic carbocycles. The summed E-state index contributed by atoms with van der Waals surface area (Å²) in [7, 11) is 5.32. The van der Waals surface area contributed by atoms with Gasteiger partial charge in [0.2, 0.25) is 0 Å². The van der Waals surface area contributed by atoms with Crippen LogP contribution in [0.25, 0.3) is 0 Å². The van der Waals surface area contributed by atoms with Crippen molar-refractivity contribution in [1.82, 2.24) is 0 Å². The number of hydrogen-bond donors (Lipinski definition) is 0. The van der Waals surface area contributed by atoms with Crippen LogP contribution in [0.2, 0.25) is 0 Å². The summed E-state index contributed by atoms with van der Waals surface area (Å²) in [6, 6.07) is 4.81. The molecular formula is C9H13Cl2NO2S. The van der Waals surface area contributed by atoms with Crippen molar-refractivity contribution < 1.29 is 8.42 Å². The van der Waals surface area contributed by atoms with E-state index < -0.39 is 9.05 Å². The van der Waals surface area contributed by atoms with Crippen molar-refractivity contribution in [2.45, 2.75) is 11.8 Å². The summed E-state index contributed by atoms with van der Waals surface area (Å²) in [5, 5.41) is 0. The van der Waals surface area contributed by atoms with E-state index >= 15 is 0 Å². The highest BCUT2D eigenvalue weighted by Gasteiger charge is 2.12. The first-order chi connectivity index (χ1) is 6.32. The molecule has 0 N–H and O–H groups in total. The summed E-state index contributed by atoms with van der Waals surface area (Å²) >= 11 is 0. The Hall–Kier alpha value is -0.450. The Bertz CT molecular complexity index is 443. The first-order valence-corrected chi connectivity index (χ1v) is 6.36. The minimum atomic E-state index is -3.63. The molecule has 0 spiro atoms. The van der Waals surface area contributed by atoms with E-state index in [-0.39, 0.29) is 17.3 Å². The number of nitrogens with zero attached hydrogens (tertiary/aromatic N) is 1. The third kappa shape index (κ3) is 3.55. The monoisotopic (exact) mass is 269 g/mol. The first-order valence-electron chi connectivity index (χ1n) is 4.05. The average molecular weight is 270 g/mol. The van der Waals surface area contributed by atoms with E-state index in [1.54, 1.807) is 12.1 Å². The highest BCUT2D eigenvalue weighted by Crippen LogP contribution is 2.24. The van der Waals surface area contributed by atoms with Crippen molar-refractivity contribution >= 4 is 37.8 Å². The van der Waals surface area contributed by atoms with Gasteiger partial charge < -0.3 is 4.90 Å². The van der Waals surface area contributed by atoms with Crippen LogP contribution in [0.5, 0.6) is 0 Å². The maximum atomic E-state index is 11.1. The Morgan fingerprint density at radius 3 is 2.20 bits per heavy atom. The molecule has 0 unspecified atom stereocenters. The fourth-order valence-corrected chi connectivity index (χ4v) is 1.99. The van der Waals surface area contributed by atoms with Gasteiger partial charge in [0.1, 0.15) is 0 Å². The van der Waals surface area contributed by atoms with Crippen LogP contribution in [0.15, 0.2) is 23.1 Å². The van der Waals surface area contributed by atoms with Gasteiger partial charge in [-0.3, -0.25) is 0 Å². The Labute approximate surface area is 101 Å². The normalized spacial score (nSPS) is 10.7. The Balaban J connectivity index is 0.00000196. The quantitative estimate of drug-likeness (QED) is 0.774. The zero-order chi connectivity index (χ0) is 10.9. The molecule has 0 atom stereocenters. The molecule has 0 aliphatic heterocycles. The lowest BCUT2D eigenvalue weighted by atomic mass is 10.2. The molecule has 0 heterocycles. The second kappa shape index (κ2) is 5.05. The second-order valence-corrected chi connectivity index (χ2v) is 5.85. The van der Waals surface area contributed by atoms with E-state index in [2.05, 4.69) is 0 Å². The maximum Gasteiger partial charge on any atom is 0.261 e. The van der Waals surface area contributed by atoms with E-state index in [1.165, 1.54) is 6.07 Å². The molecule has 86 valence electrons. The summed E-state index contributed by atoms with van der Waals surface area (Å²) in [6.45, 7) is 1.92. The lowest BCUT2D eigenvalue weighted by molar-refractivity contribution is 0.609. The highest BCUT2D eigenvalue weighted by atomic mass is 35.7. The topological polar surface area (TPSA) is 37.4 Å². The van der Waals surface area contributed by atoms with Crippen molar-refractivity contribution in [1.29, 1.82) is 0 Å². The van der Waals surface area contributed by atoms with Crippen molar-refractivity contribution in [3.63, 3.8) is 0 Å². The van der Waals surface area contributed by atoms with E-state index in [9.17, 15) is 8.42 Å².